The van der Waals surface area contributed by atoms with E-state index in [-0.39, 0.29) is 43.5 Å². The van der Waals surface area contributed by atoms with E-state index < -0.39 is 23.4 Å². The quantitative estimate of drug-likeness (QED) is 0.460. The zero-order chi connectivity index (χ0) is 24.6. The number of carbonyl (C=O) groups is 4. The van der Waals surface area contributed by atoms with E-state index in [0.29, 0.717) is 19.3 Å². The lowest BCUT2D eigenvalue weighted by Crippen LogP contribution is -2.44. The summed E-state index contributed by atoms with van der Waals surface area (Å²) in [4.78, 5) is 47.7. The van der Waals surface area contributed by atoms with Gasteiger partial charge in [-0.1, -0.05) is 48.5 Å². The van der Waals surface area contributed by atoms with Crippen LogP contribution in [-0.4, -0.2) is 54.7 Å². The Morgan fingerprint density at radius 2 is 1.51 bits per heavy atom. The third-order valence-electron chi connectivity index (χ3n) is 7.39. The number of aliphatic carboxylic acids is 1. The van der Waals surface area contributed by atoms with E-state index in [0.717, 1.165) is 22.3 Å². The van der Waals surface area contributed by atoms with E-state index in [4.69, 9.17) is 4.74 Å². The molecule has 2 aromatic carbocycles. The molecule has 0 unspecified atom stereocenters. The minimum atomic E-state index is -0.799. The van der Waals surface area contributed by atoms with Crippen LogP contribution in [0.2, 0.25) is 0 Å². The summed E-state index contributed by atoms with van der Waals surface area (Å²) in [5.74, 6) is -1.66. The summed E-state index contributed by atoms with van der Waals surface area (Å²) in [5, 5.41) is 17.0. The van der Waals surface area contributed by atoms with Crippen LogP contribution in [0.3, 0.4) is 0 Å². The average molecular weight is 478 g/mol. The average Bonchev–Trinajstić information content (AvgIpc) is 3.28. The molecule has 3 aliphatic rings. The van der Waals surface area contributed by atoms with Crippen LogP contribution in [0, 0.1) is 11.3 Å². The van der Waals surface area contributed by atoms with Gasteiger partial charge in [0.05, 0.1) is 12.0 Å². The molecule has 0 heterocycles. The van der Waals surface area contributed by atoms with Gasteiger partial charge in [-0.15, -0.1) is 0 Å². The van der Waals surface area contributed by atoms with Crippen LogP contribution in [0.5, 0.6) is 0 Å². The molecule has 3 aliphatic carbocycles. The normalized spacial score (nSPS) is 23.4. The fraction of sp³-hybridized carbons (Fsp3) is 0.385. The number of carboxylic acid groups (broad SMARTS) is 1. The fourth-order valence-electron chi connectivity index (χ4n) is 5.59. The van der Waals surface area contributed by atoms with Crippen LogP contribution in [0.1, 0.15) is 36.3 Å². The molecule has 182 valence electrons. The number of benzene rings is 2. The molecule has 2 fully saturated rings. The zero-order valence-electron chi connectivity index (χ0n) is 19.1. The molecule has 0 spiro atoms. The molecule has 5 rings (SSSR count). The van der Waals surface area contributed by atoms with Crippen LogP contribution in [0.25, 0.3) is 11.1 Å². The molecule has 0 bridgehead atoms. The van der Waals surface area contributed by atoms with E-state index in [2.05, 4.69) is 16.0 Å². The molecule has 3 atom stereocenters. The smallest absolute Gasteiger partial charge is 0.407 e. The highest BCUT2D eigenvalue weighted by Gasteiger charge is 2.65. The highest BCUT2D eigenvalue weighted by Crippen LogP contribution is 2.63. The number of hydrogen-bond donors (Lipinski definition) is 4. The zero-order valence-corrected chi connectivity index (χ0v) is 19.1. The number of hydrogen-bond acceptors (Lipinski definition) is 5. The summed E-state index contributed by atoms with van der Waals surface area (Å²) in [6.07, 6.45) is 1.04. The standard InChI is InChI=1S/C26H27N3O6/c30-22(27-13-23(31)29-16-9-15-10-26(15,11-16)24(32)33)12-28-25(34)35-14-21-19-7-3-1-5-17(19)18-6-2-4-8-20(18)21/h1-8,15-16,21H,9-14H2,(H,27,30)(H,28,34)(H,29,31)(H,32,33)/t15-,16+,26+/m0/s1. The topological polar surface area (TPSA) is 134 Å². The van der Waals surface area contributed by atoms with Gasteiger partial charge in [0.2, 0.25) is 11.8 Å². The lowest BCUT2D eigenvalue weighted by molar-refractivity contribution is -0.143. The Bertz CT molecular complexity index is 1150. The van der Waals surface area contributed by atoms with Crippen molar-refractivity contribution in [3.63, 3.8) is 0 Å². The van der Waals surface area contributed by atoms with Gasteiger partial charge in [0.1, 0.15) is 13.2 Å². The number of ether oxygens (including phenoxy) is 1. The van der Waals surface area contributed by atoms with Crippen molar-refractivity contribution in [2.24, 2.45) is 11.3 Å². The Balaban J connectivity index is 1.03. The maximum atomic E-state index is 12.2. The maximum absolute atomic E-state index is 12.2. The Morgan fingerprint density at radius 3 is 2.14 bits per heavy atom. The van der Waals surface area contributed by atoms with Crippen molar-refractivity contribution in [2.45, 2.75) is 31.2 Å². The van der Waals surface area contributed by atoms with Crippen molar-refractivity contribution in [1.29, 1.82) is 0 Å². The SMILES string of the molecule is O=C(CNC(=O)OCC1c2ccccc2-c2ccccc21)NCC(=O)N[C@@H]1C[C@H]2C[C@@]2(C(=O)O)C1. The molecule has 0 aliphatic heterocycles. The molecule has 0 saturated heterocycles. The van der Waals surface area contributed by atoms with Gasteiger partial charge in [0, 0.05) is 12.0 Å². The van der Waals surface area contributed by atoms with Crippen molar-refractivity contribution in [2.75, 3.05) is 19.7 Å². The van der Waals surface area contributed by atoms with Gasteiger partial charge in [-0.25, -0.2) is 4.79 Å². The molecule has 3 amide bonds. The second kappa shape index (κ2) is 9.05. The van der Waals surface area contributed by atoms with Crippen molar-refractivity contribution >= 4 is 23.9 Å². The van der Waals surface area contributed by atoms with Crippen LogP contribution >= 0.6 is 0 Å². The van der Waals surface area contributed by atoms with Gasteiger partial charge in [-0.2, -0.15) is 0 Å². The first-order valence-electron chi connectivity index (χ1n) is 11.8. The number of nitrogens with one attached hydrogen (secondary N) is 3. The molecule has 0 radical (unpaired) electrons. The van der Waals surface area contributed by atoms with Crippen LogP contribution in [0.15, 0.2) is 48.5 Å². The third-order valence-corrected chi connectivity index (χ3v) is 7.39. The fourth-order valence-corrected chi connectivity index (χ4v) is 5.59. The summed E-state index contributed by atoms with van der Waals surface area (Å²) in [6.45, 7) is -0.422. The minimum Gasteiger partial charge on any atom is -0.481 e. The predicted molar refractivity (Wildman–Crippen MR) is 125 cm³/mol. The first-order chi connectivity index (χ1) is 16.9. The van der Waals surface area contributed by atoms with Crippen molar-refractivity contribution in [1.82, 2.24) is 16.0 Å². The second-order valence-corrected chi connectivity index (χ2v) is 9.52. The maximum Gasteiger partial charge on any atom is 0.407 e. The number of rotatable bonds is 8. The highest BCUT2D eigenvalue weighted by molar-refractivity contribution is 5.87. The lowest BCUT2D eigenvalue weighted by Gasteiger charge is -2.16. The molecular weight excluding hydrogens is 450 g/mol. The van der Waals surface area contributed by atoms with Gasteiger partial charge in [0.25, 0.3) is 0 Å². The largest absolute Gasteiger partial charge is 0.481 e. The molecule has 2 saturated carbocycles. The van der Waals surface area contributed by atoms with E-state index in [1.807, 2.05) is 48.5 Å². The number of fused-ring (bicyclic) bond motifs is 4. The highest BCUT2D eigenvalue weighted by atomic mass is 16.5. The van der Waals surface area contributed by atoms with E-state index >= 15 is 0 Å². The van der Waals surface area contributed by atoms with E-state index in [1.54, 1.807) is 0 Å². The molecule has 35 heavy (non-hydrogen) atoms. The molecular formula is C26H27N3O6. The van der Waals surface area contributed by atoms with Gasteiger partial charge in [0.15, 0.2) is 0 Å². The Kier molecular flexibility index (Phi) is 5.92. The predicted octanol–water partition coefficient (Wildman–Crippen LogP) is 2.01. The minimum absolute atomic E-state index is 0.0763. The van der Waals surface area contributed by atoms with Gasteiger partial charge in [-0.3, -0.25) is 14.4 Å². The summed E-state index contributed by atoms with van der Waals surface area (Å²) in [6, 6.07) is 15.8. The Morgan fingerprint density at radius 1 is 0.886 bits per heavy atom. The summed E-state index contributed by atoms with van der Waals surface area (Å²) in [7, 11) is 0. The third kappa shape index (κ3) is 4.45. The van der Waals surface area contributed by atoms with Crippen molar-refractivity contribution in [3.05, 3.63) is 59.7 Å². The Hall–Kier alpha value is -3.88. The number of carbonyl (C=O) groups excluding carboxylic acids is 3. The molecule has 0 aromatic heterocycles. The summed E-state index contributed by atoms with van der Waals surface area (Å²) >= 11 is 0. The van der Waals surface area contributed by atoms with Crippen molar-refractivity contribution in [3.8, 4) is 11.1 Å². The number of alkyl carbamates (subject to hydrolysis) is 1. The van der Waals surface area contributed by atoms with Crippen LogP contribution < -0.4 is 16.0 Å². The first-order valence-corrected chi connectivity index (χ1v) is 11.8. The van der Waals surface area contributed by atoms with Gasteiger partial charge >= 0.3 is 12.1 Å². The molecule has 9 nitrogen and oxygen atoms in total. The van der Waals surface area contributed by atoms with Crippen LogP contribution in [0.4, 0.5) is 4.79 Å². The Labute approximate surface area is 202 Å². The number of amides is 3. The first kappa shape index (κ1) is 22.9. The van der Waals surface area contributed by atoms with Gasteiger partial charge < -0.3 is 25.8 Å². The van der Waals surface area contributed by atoms with E-state index in [9.17, 15) is 24.3 Å². The van der Waals surface area contributed by atoms with E-state index in [1.165, 1.54) is 0 Å². The monoisotopic (exact) mass is 477 g/mol. The summed E-state index contributed by atoms with van der Waals surface area (Å²) < 4.78 is 5.39. The van der Waals surface area contributed by atoms with Crippen LogP contribution in [-0.2, 0) is 19.1 Å². The second-order valence-electron chi connectivity index (χ2n) is 9.52. The molecule has 4 N–H and O–H groups in total. The van der Waals surface area contributed by atoms with Crippen molar-refractivity contribution < 1.29 is 29.0 Å². The lowest BCUT2D eigenvalue weighted by atomic mass is 9.98. The number of carboxylic acids is 1. The van der Waals surface area contributed by atoms with Gasteiger partial charge in [-0.05, 0) is 47.4 Å². The molecule has 9 heteroatoms. The summed E-state index contributed by atoms with van der Waals surface area (Å²) in [5.41, 5.74) is 3.77. The molecule has 2 aromatic rings.